The smallest absolute Gasteiger partial charge is 0.125 e. The van der Waals surface area contributed by atoms with Crippen molar-refractivity contribution < 1.29 is 0 Å². The van der Waals surface area contributed by atoms with Crippen LogP contribution in [0.3, 0.4) is 0 Å². The molecule has 0 saturated carbocycles. The minimum atomic E-state index is -0.00713. The molecule has 1 aromatic heterocycles. The van der Waals surface area contributed by atoms with Crippen LogP contribution in [0.4, 0.5) is 0 Å². The highest BCUT2D eigenvalue weighted by molar-refractivity contribution is 5.75. The topological polar surface area (TPSA) is 25.8 Å². The van der Waals surface area contributed by atoms with Crippen LogP contribution in [0.25, 0.3) is 5.57 Å². The molecule has 1 heterocycles. The molecule has 0 amide bonds. The molecule has 116 valence electrons. The van der Waals surface area contributed by atoms with E-state index in [4.69, 9.17) is 0 Å². The summed E-state index contributed by atoms with van der Waals surface area (Å²) in [5.41, 5.74) is 6.14. The predicted molar refractivity (Wildman–Crippen MR) is 94.4 cm³/mol. The fraction of sp³-hybridized carbons (Fsp3) is 0.400. The first-order valence-corrected chi connectivity index (χ1v) is 7.87. The molecule has 0 fully saturated rings. The maximum atomic E-state index is 4.32. The largest absolute Gasteiger partial charge is 0.241 e. The summed E-state index contributed by atoms with van der Waals surface area (Å²) in [4.78, 5) is 8.64. The highest BCUT2D eigenvalue weighted by atomic mass is 14.8. The van der Waals surface area contributed by atoms with Crippen LogP contribution in [0.2, 0.25) is 0 Å². The van der Waals surface area contributed by atoms with Crippen LogP contribution in [0, 0.1) is 12.3 Å². The van der Waals surface area contributed by atoms with Crippen molar-refractivity contribution in [3.05, 3.63) is 65.3 Å². The van der Waals surface area contributed by atoms with Gasteiger partial charge in [-0.25, -0.2) is 9.97 Å². The van der Waals surface area contributed by atoms with Crippen LogP contribution in [-0.4, -0.2) is 9.97 Å². The van der Waals surface area contributed by atoms with Crippen LogP contribution in [-0.2, 0) is 0 Å². The SMILES string of the molecule is C=C(C)C(C)(C)C1=CCC/C=C(/c2cnc(C)nc2)C=C1C. The molecule has 0 aromatic carbocycles. The Bertz CT molecular complexity index is 655. The monoisotopic (exact) mass is 294 g/mol. The summed E-state index contributed by atoms with van der Waals surface area (Å²) in [5, 5.41) is 0. The van der Waals surface area contributed by atoms with Crippen molar-refractivity contribution in [1.82, 2.24) is 9.97 Å². The van der Waals surface area contributed by atoms with E-state index in [0.29, 0.717) is 0 Å². The Hall–Kier alpha value is -1.96. The van der Waals surface area contributed by atoms with Gasteiger partial charge in [0.15, 0.2) is 0 Å². The molecular weight excluding hydrogens is 268 g/mol. The Morgan fingerprint density at radius 1 is 1.09 bits per heavy atom. The van der Waals surface area contributed by atoms with Gasteiger partial charge in [0.25, 0.3) is 0 Å². The van der Waals surface area contributed by atoms with Crippen molar-refractivity contribution >= 4 is 5.57 Å². The number of aromatic nitrogens is 2. The minimum absolute atomic E-state index is 0.00713. The maximum absolute atomic E-state index is 4.32. The first-order valence-electron chi connectivity index (χ1n) is 7.87. The van der Waals surface area contributed by atoms with Crippen LogP contribution in [0.1, 0.15) is 51.9 Å². The molecule has 0 aliphatic heterocycles. The van der Waals surface area contributed by atoms with Gasteiger partial charge in [0, 0.05) is 23.4 Å². The van der Waals surface area contributed by atoms with Crippen LogP contribution < -0.4 is 0 Å². The Balaban J connectivity index is 2.42. The van der Waals surface area contributed by atoms with E-state index in [0.717, 1.165) is 24.2 Å². The van der Waals surface area contributed by atoms with E-state index in [-0.39, 0.29) is 5.41 Å². The van der Waals surface area contributed by atoms with Gasteiger partial charge in [-0.05, 0) is 50.3 Å². The highest BCUT2D eigenvalue weighted by Gasteiger charge is 2.25. The van der Waals surface area contributed by atoms with Crippen molar-refractivity contribution in [2.24, 2.45) is 5.41 Å². The highest BCUT2D eigenvalue weighted by Crippen LogP contribution is 2.39. The van der Waals surface area contributed by atoms with Gasteiger partial charge in [0.2, 0.25) is 0 Å². The Morgan fingerprint density at radius 3 is 2.27 bits per heavy atom. The number of hydrogen-bond acceptors (Lipinski definition) is 2. The molecule has 0 unspecified atom stereocenters. The molecule has 22 heavy (non-hydrogen) atoms. The fourth-order valence-electron chi connectivity index (χ4n) is 2.72. The fourth-order valence-corrected chi connectivity index (χ4v) is 2.72. The summed E-state index contributed by atoms with van der Waals surface area (Å²) in [6.45, 7) is 14.9. The van der Waals surface area contributed by atoms with Crippen molar-refractivity contribution in [1.29, 1.82) is 0 Å². The second-order valence-electron chi connectivity index (χ2n) is 6.61. The zero-order valence-electron chi connectivity index (χ0n) is 14.4. The van der Waals surface area contributed by atoms with Gasteiger partial charge in [-0.1, -0.05) is 44.2 Å². The lowest BCUT2D eigenvalue weighted by atomic mass is 9.74. The first kappa shape index (κ1) is 16.4. The van der Waals surface area contributed by atoms with Crippen LogP contribution >= 0.6 is 0 Å². The zero-order valence-corrected chi connectivity index (χ0v) is 14.4. The molecule has 0 spiro atoms. The summed E-state index contributed by atoms with van der Waals surface area (Å²) in [6.07, 6.45) is 12.8. The van der Waals surface area contributed by atoms with Crippen LogP contribution in [0.15, 0.2) is 53.9 Å². The van der Waals surface area contributed by atoms with E-state index in [2.05, 4.69) is 62.5 Å². The molecule has 1 aromatic rings. The minimum Gasteiger partial charge on any atom is -0.241 e. The lowest BCUT2D eigenvalue weighted by Gasteiger charge is -2.30. The van der Waals surface area contributed by atoms with Crippen molar-refractivity contribution in [2.75, 3.05) is 0 Å². The third-order valence-corrected chi connectivity index (χ3v) is 4.53. The molecule has 0 radical (unpaired) electrons. The van der Waals surface area contributed by atoms with E-state index >= 15 is 0 Å². The van der Waals surface area contributed by atoms with Crippen molar-refractivity contribution in [3.63, 3.8) is 0 Å². The molecule has 1 aliphatic rings. The molecule has 2 nitrogen and oxygen atoms in total. The van der Waals surface area contributed by atoms with E-state index < -0.39 is 0 Å². The van der Waals surface area contributed by atoms with E-state index in [1.54, 1.807) is 0 Å². The molecule has 1 aliphatic carbocycles. The van der Waals surface area contributed by atoms with Gasteiger partial charge >= 0.3 is 0 Å². The van der Waals surface area contributed by atoms with Crippen LogP contribution in [0.5, 0.6) is 0 Å². The zero-order chi connectivity index (χ0) is 16.3. The van der Waals surface area contributed by atoms with Gasteiger partial charge in [0.05, 0.1) is 0 Å². The molecule has 0 saturated heterocycles. The second-order valence-corrected chi connectivity index (χ2v) is 6.61. The average molecular weight is 294 g/mol. The number of allylic oxidation sites excluding steroid dienone is 7. The maximum Gasteiger partial charge on any atom is 0.125 e. The number of hydrogen-bond donors (Lipinski definition) is 0. The summed E-state index contributed by atoms with van der Waals surface area (Å²) >= 11 is 0. The molecule has 2 heteroatoms. The van der Waals surface area contributed by atoms with Gasteiger partial charge in [0.1, 0.15) is 5.82 Å². The second kappa shape index (κ2) is 6.43. The van der Waals surface area contributed by atoms with Gasteiger partial charge in [-0.3, -0.25) is 0 Å². The predicted octanol–water partition coefficient (Wildman–Crippen LogP) is 5.44. The number of nitrogens with zero attached hydrogens (tertiary/aromatic N) is 2. The normalized spacial score (nSPS) is 18.5. The van der Waals surface area contributed by atoms with Crippen molar-refractivity contribution in [2.45, 2.75) is 47.5 Å². The Labute approximate surface area is 134 Å². The van der Waals surface area contributed by atoms with Crippen molar-refractivity contribution in [3.8, 4) is 0 Å². The first-order chi connectivity index (χ1) is 10.3. The molecular formula is C20H26N2. The third-order valence-electron chi connectivity index (χ3n) is 4.53. The standard InChI is InChI=1S/C20H26N2/c1-14(2)20(5,6)19-10-8-7-9-17(11-15(19)3)18-12-21-16(4)22-13-18/h9-13H,1,7-8H2,2-6H3/b15-11?,17-9+,19-10?. The lowest BCUT2D eigenvalue weighted by molar-refractivity contribution is 0.544. The Kier molecular flexibility index (Phi) is 4.80. The summed E-state index contributed by atoms with van der Waals surface area (Å²) in [7, 11) is 0. The molecule has 0 N–H and O–H groups in total. The lowest BCUT2D eigenvalue weighted by Crippen LogP contribution is -2.17. The summed E-state index contributed by atoms with van der Waals surface area (Å²) in [6, 6.07) is 0. The Morgan fingerprint density at radius 2 is 1.68 bits per heavy atom. The summed E-state index contributed by atoms with van der Waals surface area (Å²) in [5.74, 6) is 0.805. The molecule has 0 bridgehead atoms. The quantitative estimate of drug-likeness (QED) is 0.694. The van der Waals surface area contributed by atoms with Gasteiger partial charge in [-0.2, -0.15) is 0 Å². The third kappa shape index (κ3) is 3.44. The summed E-state index contributed by atoms with van der Waals surface area (Å²) < 4.78 is 0. The van der Waals surface area contributed by atoms with Gasteiger partial charge in [-0.15, -0.1) is 0 Å². The van der Waals surface area contributed by atoms with E-state index in [9.17, 15) is 0 Å². The van der Waals surface area contributed by atoms with E-state index in [1.165, 1.54) is 22.3 Å². The molecule has 2 rings (SSSR count). The molecule has 0 atom stereocenters. The number of rotatable bonds is 3. The average Bonchev–Trinajstić information content (AvgIpc) is 2.43. The van der Waals surface area contributed by atoms with E-state index in [1.807, 2.05) is 19.3 Å². The number of aryl methyl sites for hydroxylation is 1. The van der Waals surface area contributed by atoms with Gasteiger partial charge < -0.3 is 0 Å².